The molecule has 2 heterocycles. The molecule has 1 aliphatic rings. The highest BCUT2D eigenvalue weighted by molar-refractivity contribution is 6.31. The van der Waals surface area contributed by atoms with Crippen LogP contribution in [0.5, 0.6) is 0 Å². The van der Waals surface area contributed by atoms with Crippen molar-refractivity contribution >= 4 is 17.3 Å². The lowest BCUT2D eigenvalue weighted by atomic mass is 10.1. The third kappa shape index (κ3) is 3.31. The lowest BCUT2D eigenvalue weighted by Gasteiger charge is -2.39. The van der Waals surface area contributed by atoms with Crippen molar-refractivity contribution in [2.45, 2.75) is 13.0 Å². The first-order valence-electron chi connectivity index (χ1n) is 7.60. The predicted octanol–water partition coefficient (Wildman–Crippen LogP) is 3.90. The van der Waals surface area contributed by atoms with Crippen molar-refractivity contribution in [3.63, 3.8) is 0 Å². The van der Waals surface area contributed by atoms with Gasteiger partial charge in [0, 0.05) is 38.4 Å². The maximum Gasteiger partial charge on any atom is 0.164 e. The van der Waals surface area contributed by atoms with Gasteiger partial charge in [0.2, 0.25) is 0 Å². The summed E-state index contributed by atoms with van der Waals surface area (Å²) < 4.78 is 27.4. The van der Waals surface area contributed by atoms with Gasteiger partial charge in [-0.2, -0.15) is 0 Å². The topological polar surface area (TPSA) is 19.4 Å². The fraction of sp³-hybridized carbons (Fsp3) is 0.353. The highest BCUT2D eigenvalue weighted by Crippen LogP contribution is 2.30. The molecule has 1 aromatic heterocycles. The third-order valence-electron chi connectivity index (χ3n) is 4.39. The van der Waals surface area contributed by atoms with Crippen LogP contribution in [0, 0.1) is 11.6 Å². The molecule has 2 aromatic rings. The van der Waals surface area contributed by atoms with Gasteiger partial charge in [-0.3, -0.25) is 9.88 Å². The van der Waals surface area contributed by atoms with Crippen LogP contribution in [-0.4, -0.2) is 36.1 Å². The van der Waals surface area contributed by atoms with E-state index in [2.05, 4.69) is 9.88 Å². The molecular formula is C17H18ClF2N3. The Bertz CT molecular complexity index is 687. The molecule has 3 rings (SSSR count). The van der Waals surface area contributed by atoms with Gasteiger partial charge in [0.05, 0.1) is 16.9 Å². The van der Waals surface area contributed by atoms with Crippen molar-refractivity contribution < 1.29 is 8.78 Å². The number of halogens is 3. The Labute approximate surface area is 139 Å². The fourth-order valence-electron chi connectivity index (χ4n) is 3.01. The van der Waals surface area contributed by atoms with Gasteiger partial charge in [-0.15, -0.1) is 0 Å². The Morgan fingerprint density at radius 2 is 1.83 bits per heavy atom. The van der Waals surface area contributed by atoms with E-state index in [9.17, 15) is 8.78 Å². The summed E-state index contributed by atoms with van der Waals surface area (Å²) >= 11 is 6.08. The molecule has 0 amide bonds. The molecule has 0 bridgehead atoms. The van der Waals surface area contributed by atoms with Crippen LogP contribution < -0.4 is 4.90 Å². The molecule has 0 aliphatic carbocycles. The first-order valence-corrected chi connectivity index (χ1v) is 7.98. The fourth-order valence-corrected chi connectivity index (χ4v) is 3.30. The summed E-state index contributed by atoms with van der Waals surface area (Å²) in [5.74, 6) is -0.698. The molecule has 23 heavy (non-hydrogen) atoms. The normalized spacial score (nSPS) is 17.3. The first-order chi connectivity index (χ1) is 11.1. The zero-order valence-electron chi connectivity index (χ0n) is 12.8. The van der Waals surface area contributed by atoms with E-state index in [4.69, 9.17) is 11.6 Å². The van der Waals surface area contributed by atoms with Crippen molar-refractivity contribution in [3.05, 3.63) is 58.9 Å². The number of piperazine rings is 1. The number of pyridine rings is 1. The van der Waals surface area contributed by atoms with E-state index in [0.29, 0.717) is 18.8 Å². The molecule has 0 spiro atoms. The van der Waals surface area contributed by atoms with Gasteiger partial charge < -0.3 is 4.90 Å². The second kappa shape index (κ2) is 6.81. The molecule has 0 N–H and O–H groups in total. The Balaban J connectivity index is 1.69. The van der Waals surface area contributed by atoms with E-state index in [1.807, 2.05) is 17.9 Å². The molecule has 1 aromatic carbocycles. The molecule has 1 saturated heterocycles. The quantitative estimate of drug-likeness (QED) is 0.847. The van der Waals surface area contributed by atoms with E-state index in [0.717, 1.165) is 18.7 Å². The van der Waals surface area contributed by atoms with Gasteiger partial charge >= 0.3 is 0 Å². The van der Waals surface area contributed by atoms with Crippen LogP contribution in [-0.2, 0) is 0 Å². The van der Waals surface area contributed by atoms with E-state index in [1.165, 1.54) is 12.3 Å². The number of hydrogen-bond donors (Lipinski definition) is 0. The second-order valence-electron chi connectivity index (χ2n) is 5.67. The number of anilines is 1. The minimum Gasteiger partial charge on any atom is -0.367 e. The molecule has 0 saturated carbocycles. The Morgan fingerprint density at radius 3 is 2.52 bits per heavy atom. The molecule has 122 valence electrons. The molecule has 1 aliphatic heterocycles. The third-order valence-corrected chi connectivity index (χ3v) is 4.78. The molecule has 1 atom stereocenters. The first kappa shape index (κ1) is 16.1. The average Bonchev–Trinajstić information content (AvgIpc) is 2.57. The highest BCUT2D eigenvalue weighted by atomic mass is 35.5. The van der Waals surface area contributed by atoms with Crippen LogP contribution in [0.3, 0.4) is 0 Å². The highest BCUT2D eigenvalue weighted by Gasteiger charge is 2.25. The smallest absolute Gasteiger partial charge is 0.164 e. The monoisotopic (exact) mass is 337 g/mol. The number of aromatic nitrogens is 1. The van der Waals surface area contributed by atoms with Gasteiger partial charge in [0.25, 0.3) is 0 Å². The van der Waals surface area contributed by atoms with E-state index in [1.54, 1.807) is 18.3 Å². The van der Waals surface area contributed by atoms with Crippen LogP contribution in [0.25, 0.3) is 0 Å². The molecule has 3 nitrogen and oxygen atoms in total. The van der Waals surface area contributed by atoms with Gasteiger partial charge in [-0.25, -0.2) is 8.78 Å². The van der Waals surface area contributed by atoms with Gasteiger partial charge in [-0.05, 0) is 24.6 Å². The van der Waals surface area contributed by atoms with Gasteiger partial charge in [0.1, 0.15) is 5.82 Å². The lowest BCUT2D eigenvalue weighted by molar-refractivity contribution is 0.198. The van der Waals surface area contributed by atoms with Crippen molar-refractivity contribution in [1.29, 1.82) is 0 Å². The predicted molar refractivity (Wildman–Crippen MR) is 87.8 cm³/mol. The van der Waals surface area contributed by atoms with Crippen LogP contribution >= 0.6 is 11.6 Å². The van der Waals surface area contributed by atoms with Crippen LogP contribution in [0.4, 0.5) is 14.5 Å². The largest absolute Gasteiger partial charge is 0.367 e. The van der Waals surface area contributed by atoms with E-state index in [-0.39, 0.29) is 16.9 Å². The van der Waals surface area contributed by atoms with Gasteiger partial charge in [-0.1, -0.05) is 23.7 Å². The summed E-state index contributed by atoms with van der Waals surface area (Å²) in [6.07, 6.45) is 2.83. The molecular weight excluding hydrogens is 320 g/mol. The summed E-state index contributed by atoms with van der Waals surface area (Å²) in [6.45, 7) is 4.95. The van der Waals surface area contributed by atoms with Crippen molar-refractivity contribution in [2.75, 3.05) is 31.1 Å². The Morgan fingerprint density at radius 1 is 1.09 bits per heavy atom. The van der Waals surface area contributed by atoms with Crippen molar-refractivity contribution in [3.8, 4) is 0 Å². The number of rotatable bonds is 3. The standard InChI is InChI=1S/C17H18ClF2N3/c1-12(13-3-2-4-14(19)17(13)18)22-7-9-23(10-8-22)16-5-6-21-11-15(16)20/h2-6,11-12H,7-10H2,1H3. The van der Waals surface area contributed by atoms with Crippen LogP contribution in [0.1, 0.15) is 18.5 Å². The molecule has 6 heteroatoms. The minimum absolute atomic E-state index is 0.0163. The van der Waals surface area contributed by atoms with E-state index >= 15 is 0 Å². The minimum atomic E-state index is -0.395. The molecule has 1 fully saturated rings. The van der Waals surface area contributed by atoms with Crippen LogP contribution in [0.15, 0.2) is 36.7 Å². The van der Waals surface area contributed by atoms with Crippen molar-refractivity contribution in [2.24, 2.45) is 0 Å². The summed E-state index contributed by atoms with van der Waals surface area (Å²) in [5, 5.41) is 0.183. The van der Waals surface area contributed by atoms with Crippen molar-refractivity contribution in [1.82, 2.24) is 9.88 Å². The number of nitrogens with zero attached hydrogens (tertiary/aromatic N) is 3. The molecule has 0 radical (unpaired) electrons. The summed E-state index contributed by atoms with van der Waals surface area (Å²) in [6, 6.07) is 6.60. The zero-order valence-corrected chi connectivity index (χ0v) is 13.6. The lowest BCUT2D eigenvalue weighted by Crippen LogP contribution is -2.47. The van der Waals surface area contributed by atoms with Crippen LogP contribution in [0.2, 0.25) is 5.02 Å². The number of benzene rings is 1. The zero-order chi connectivity index (χ0) is 16.4. The summed E-state index contributed by atoms with van der Waals surface area (Å²) in [5.41, 5.74) is 1.37. The summed E-state index contributed by atoms with van der Waals surface area (Å²) in [4.78, 5) is 8.02. The Kier molecular flexibility index (Phi) is 4.78. The maximum absolute atomic E-state index is 13.8. The van der Waals surface area contributed by atoms with E-state index < -0.39 is 5.82 Å². The average molecular weight is 338 g/mol. The summed E-state index contributed by atoms with van der Waals surface area (Å²) in [7, 11) is 0. The SMILES string of the molecule is CC(c1cccc(F)c1Cl)N1CCN(c2ccncc2F)CC1. The van der Waals surface area contributed by atoms with Gasteiger partial charge in [0.15, 0.2) is 5.82 Å². The number of hydrogen-bond acceptors (Lipinski definition) is 3. The second-order valence-corrected chi connectivity index (χ2v) is 6.05. The molecule has 1 unspecified atom stereocenters. The maximum atomic E-state index is 13.8. The Hall–Kier alpha value is -1.72.